The monoisotopic (exact) mass is 543 g/mol. The number of likely N-dealkylation sites (N-methyl/N-ethyl adjacent to an activating group) is 1. The van der Waals surface area contributed by atoms with E-state index in [0.29, 0.717) is 5.56 Å². The highest BCUT2D eigenvalue weighted by Gasteiger charge is 2.68. The lowest BCUT2D eigenvalue weighted by Crippen LogP contribution is -2.69. The van der Waals surface area contributed by atoms with E-state index in [-0.39, 0.29) is 24.1 Å². The highest BCUT2D eigenvalue weighted by atomic mass is 16.5. The molecule has 0 aromatic heterocycles. The second-order valence-corrected chi connectivity index (χ2v) is 10.1. The molecule has 208 valence electrons. The van der Waals surface area contributed by atoms with Crippen LogP contribution in [-0.4, -0.2) is 87.0 Å². The third kappa shape index (κ3) is 3.72. The molecule has 0 saturated carbocycles. The van der Waals surface area contributed by atoms with Crippen LogP contribution in [0.4, 0.5) is 5.69 Å². The van der Waals surface area contributed by atoms with Gasteiger partial charge in [0.05, 0.1) is 23.2 Å². The predicted octanol–water partition coefficient (Wildman–Crippen LogP) is 0.182. The van der Waals surface area contributed by atoms with E-state index in [0.717, 1.165) is 0 Å². The van der Waals surface area contributed by atoms with Crippen LogP contribution < -0.4 is 11.1 Å². The van der Waals surface area contributed by atoms with Gasteiger partial charge in [-0.1, -0.05) is 19.9 Å². The molecular formula is C26H29N3O10. The summed E-state index contributed by atoms with van der Waals surface area (Å²) in [5.74, 6) is -10.6. The number of aliphatic hydroxyl groups excluding tert-OH is 2. The number of Topliss-reactive ketones (excluding diaryl/α,β-unsaturated/α-hetero) is 2. The van der Waals surface area contributed by atoms with Crippen molar-refractivity contribution in [2.24, 2.45) is 17.6 Å². The first-order valence-electron chi connectivity index (χ1n) is 12.2. The van der Waals surface area contributed by atoms with Crippen molar-refractivity contribution < 1.29 is 49.1 Å². The third-order valence-electron chi connectivity index (χ3n) is 7.87. The number of aromatic hydroxyl groups is 1. The number of phenols is 1. The number of rotatable bonds is 6. The molecule has 1 aromatic carbocycles. The van der Waals surface area contributed by atoms with Gasteiger partial charge < -0.3 is 36.2 Å². The van der Waals surface area contributed by atoms with Crippen molar-refractivity contribution in [3.63, 3.8) is 0 Å². The second kappa shape index (κ2) is 9.50. The Hall–Kier alpha value is -4.23. The number of nitrogens with two attached hydrogens (primary N) is 1. The number of nitrogens with zero attached hydrogens (tertiary/aromatic N) is 1. The minimum atomic E-state index is -3.02. The average Bonchev–Trinajstić information content (AvgIpc) is 2.86. The fourth-order valence-electron chi connectivity index (χ4n) is 6.15. The molecule has 0 heterocycles. The fraction of sp³-hybridized carbons (Fsp3) is 0.423. The van der Waals surface area contributed by atoms with E-state index < -0.39 is 87.4 Å². The van der Waals surface area contributed by atoms with Gasteiger partial charge in [0.15, 0.2) is 17.1 Å². The van der Waals surface area contributed by atoms with Gasteiger partial charge in [-0.2, -0.15) is 0 Å². The van der Waals surface area contributed by atoms with Gasteiger partial charge in [0, 0.05) is 17.9 Å². The molecule has 39 heavy (non-hydrogen) atoms. The molecule has 6 atom stereocenters. The maximum atomic E-state index is 13.9. The minimum Gasteiger partial charge on any atom is -0.510 e. The summed E-state index contributed by atoms with van der Waals surface area (Å²) in [4.78, 5) is 64.7. The molecular weight excluding hydrogens is 514 g/mol. The highest BCUT2D eigenvalue weighted by molar-refractivity contribution is 6.25. The number of hydrogen-bond donors (Lipinski definition) is 6. The number of carbonyl (C=O) groups is 5. The van der Waals surface area contributed by atoms with Crippen LogP contribution in [0.15, 0.2) is 34.8 Å². The smallest absolute Gasteiger partial charge is 0.305 e. The number of aliphatic hydroxyl groups is 3. The van der Waals surface area contributed by atoms with Crippen molar-refractivity contribution in [3.8, 4) is 5.75 Å². The predicted molar refractivity (Wildman–Crippen MR) is 134 cm³/mol. The summed E-state index contributed by atoms with van der Waals surface area (Å²) in [6, 6.07) is 1.49. The van der Waals surface area contributed by atoms with Crippen molar-refractivity contribution in [2.45, 2.75) is 43.9 Å². The molecule has 0 saturated heterocycles. The van der Waals surface area contributed by atoms with E-state index in [1.165, 1.54) is 38.1 Å². The van der Waals surface area contributed by atoms with Crippen LogP contribution in [0.5, 0.6) is 5.75 Å². The SMILES string of the molecule is CCC(=O)O[C@H]1[C@H]2C(=C(O)[C@@]3(O)C(=O)C(C(N)=O)=C(O)[C@H](N(C)C)[C@H]13)C(=O)c1c(ccc(NC=O)c1O)[C@@H]2C. The molecule has 0 fully saturated rings. The summed E-state index contributed by atoms with van der Waals surface area (Å²) in [7, 11) is 2.93. The van der Waals surface area contributed by atoms with Crippen LogP contribution in [0.2, 0.25) is 0 Å². The Morgan fingerprint density at radius 3 is 2.38 bits per heavy atom. The zero-order valence-electron chi connectivity index (χ0n) is 21.6. The molecule has 0 radical (unpaired) electrons. The molecule has 0 aliphatic heterocycles. The Morgan fingerprint density at radius 1 is 1.21 bits per heavy atom. The number of hydrogen-bond acceptors (Lipinski definition) is 11. The van der Waals surface area contributed by atoms with E-state index in [4.69, 9.17) is 10.5 Å². The number of primary amides is 1. The topological polar surface area (TPSA) is 217 Å². The standard InChI is InChI=1S/C26H29N3O10/c1-5-12(31)39-22-13-9(2)10-6-7-11(28-8-30)19(32)14(10)20(33)15(13)23(35)26(38)17(22)18(29(3)4)21(34)16(24(26)36)25(27)37/h6-9,13,17-18,22,32,34-35,38H,5H2,1-4H3,(H2,27,37)(H,28,30)/t9-,13+,17+,18+,22-,26+/m0/s1. The van der Waals surface area contributed by atoms with E-state index in [1.54, 1.807) is 6.92 Å². The summed E-state index contributed by atoms with van der Waals surface area (Å²) < 4.78 is 5.75. The molecule has 0 spiro atoms. The normalized spacial score (nSPS) is 29.9. The summed E-state index contributed by atoms with van der Waals surface area (Å²) in [6.07, 6.45) is -1.30. The number of amides is 2. The quantitative estimate of drug-likeness (QED) is 0.123. The zero-order valence-corrected chi connectivity index (χ0v) is 21.6. The number of fused-ring (bicyclic) bond motifs is 3. The Labute approximate surface area is 222 Å². The van der Waals surface area contributed by atoms with E-state index in [9.17, 15) is 44.4 Å². The van der Waals surface area contributed by atoms with Crippen LogP contribution in [0.3, 0.4) is 0 Å². The molecule has 13 heteroatoms. The van der Waals surface area contributed by atoms with Gasteiger partial charge in [-0.15, -0.1) is 0 Å². The van der Waals surface area contributed by atoms with Crippen LogP contribution in [-0.2, 0) is 23.9 Å². The van der Waals surface area contributed by atoms with Crippen molar-refractivity contribution in [1.82, 2.24) is 4.90 Å². The van der Waals surface area contributed by atoms with Gasteiger partial charge in [-0.25, -0.2) is 0 Å². The van der Waals surface area contributed by atoms with Crippen LogP contribution in [0, 0.1) is 11.8 Å². The number of carbonyl (C=O) groups excluding carboxylic acids is 5. The van der Waals surface area contributed by atoms with Gasteiger partial charge in [0.1, 0.15) is 23.2 Å². The maximum absolute atomic E-state index is 13.9. The number of anilines is 1. The number of benzene rings is 1. The summed E-state index contributed by atoms with van der Waals surface area (Å²) in [6.45, 7) is 3.14. The van der Waals surface area contributed by atoms with Crippen molar-refractivity contribution in [1.29, 1.82) is 0 Å². The largest absolute Gasteiger partial charge is 0.510 e. The maximum Gasteiger partial charge on any atom is 0.305 e. The Balaban J connectivity index is 2.10. The Kier molecular flexibility index (Phi) is 6.77. The Bertz CT molecular complexity index is 1380. The first-order chi connectivity index (χ1) is 18.2. The fourth-order valence-corrected chi connectivity index (χ4v) is 6.15. The molecule has 13 nitrogen and oxygen atoms in total. The molecule has 2 amide bonds. The van der Waals surface area contributed by atoms with E-state index >= 15 is 0 Å². The van der Waals surface area contributed by atoms with Gasteiger partial charge >= 0.3 is 5.97 Å². The number of ketones is 2. The molecule has 3 aliphatic rings. The number of esters is 1. The van der Waals surface area contributed by atoms with Gasteiger partial charge in [-0.05, 0) is 31.6 Å². The minimum absolute atomic E-state index is 0.102. The third-order valence-corrected chi connectivity index (χ3v) is 7.87. The zero-order chi connectivity index (χ0) is 29.1. The number of nitrogens with one attached hydrogen (secondary N) is 1. The lowest BCUT2D eigenvalue weighted by molar-refractivity contribution is -0.180. The molecule has 3 aliphatic carbocycles. The van der Waals surface area contributed by atoms with Crippen LogP contribution in [0.1, 0.15) is 42.1 Å². The first-order valence-corrected chi connectivity index (χ1v) is 12.2. The van der Waals surface area contributed by atoms with Gasteiger partial charge in [0.2, 0.25) is 12.2 Å². The lowest BCUT2D eigenvalue weighted by Gasteiger charge is -2.54. The van der Waals surface area contributed by atoms with Crippen LogP contribution >= 0.6 is 0 Å². The van der Waals surface area contributed by atoms with Crippen molar-refractivity contribution >= 4 is 35.5 Å². The molecule has 0 unspecified atom stereocenters. The van der Waals surface area contributed by atoms with E-state index in [2.05, 4.69) is 5.32 Å². The lowest BCUT2D eigenvalue weighted by atomic mass is 9.55. The average molecular weight is 544 g/mol. The Morgan fingerprint density at radius 2 is 1.85 bits per heavy atom. The first kappa shape index (κ1) is 27.8. The van der Waals surface area contributed by atoms with Crippen molar-refractivity contribution in [2.75, 3.05) is 19.4 Å². The molecule has 4 rings (SSSR count). The van der Waals surface area contributed by atoms with Gasteiger partial charge in [-0.3, -0.25) is 28.9 Å². The molecule has 1 aromatic rings. The summed E-state index contributed by atoms with van der Waals surface area (Å²) in [5.41, 5.74) is 0.741. The molecule has 7 N–H and O–H groups in total. The van der Waals surface area contributed by atoms with E-state index in [1.807, 2.05) is 0 Å². The second-order valence-electron chi connectivity index (χ2n) is 10.1. The number of ether oxygens (including phenoxy) is 1. The van der Waals surface area contributed by atoms with Crippen molar-refractivity contribution in [3.05, 3.63) is 45.9 Å². The summed E-state index contributed by atoms with van der Waals surface area (Å²) in [5, 5.41) is 47.6. The summed E-state index contributed by atoms with van der Waals surface area (Å²) >= 11 is 0. The molecule has 0 bridgehead atoms. The highest BCUT2D eigenvalue weighted by Crippen LogP contribution is 2.56. The van der Waals surface area contributed by atoms with Gasteiger partial charge in [0.25, 0.3) is 5.91 Å². The number of phenolic OH excluding ortho intramolecular Hbond substituents is 1. The van der Waals surface area contributed by atoms with Crippen LogP contribution in [0.25, 0.3) is 0 Å².